The molecule has 2 aliphatic heterocycles. The van der Waals surface area contributed by atoms with Crippen LogP contribution in [0.2, 0.25) is 0 Å². The van der Waals surface area contributed by atoms with Crippen molar-refractivity contribution in [2.45, 2.75) is 57.5 Å². The van der Waals surface area contributed by atoms with Gasteiger partial charge in [-0.3, -0.25) is 14.4 Å². The number of nitrogens with zero attached hydrogens (tertiary/aromatic N) is 4. The second-order valence-electron chi connectivity index (χ2n) is 11.4. The molecule has 2 aromatic rings. The Morgan fingerprint density at radius 1 is 1.05 bits per heavy atom. The van der Waals surface area contributed by atoms with E-state index in [1.807, 2.05) is 52.3 Å². The fourth-order valence-corrected chi connectivity index (χ4v) is 6.22. The number of likely N-dealkylation sites (tertiary alicyclic amines) is 1. The molecule has 3 N–H and O–H groups in total. The molecule has 1 atom stereocenters. The Hall–Kier alpha value is -3.63. The van der Waals surface area contributed by atoms with E-state index in [2.05, 4.69) is 41.1 Å². The second-order valence-corrected chi connectivity index (χ2v) is 11.4. The van der Waals surface area contributed by atoms with E-state index in [0.717, 1.165) is 36.6 Å². The van der Waals surface area contributed by atoms with Crippen molar-refractivity contribution in [1.82, 2.24) is 20.0 Å². The average molecular weight is 593 g/mol. The summed E-state index contributed by atoms with van der Waals surface area (Å²) < 4.78 is 5.27. The van der Waals surface area contributed by atoms with Gasteiger partial charge >= 0.3 is 0 Å². The summed E-state index contributed by atoms with van der Waals surface area (Å²) >= 11 is 0. The van der Waals surface area contributed by atoms with Gasteiger partial charge in [-0.25, -0.2) is 0 Å². The van der Waals surface area contributed by atoms with E-state index in [1.54, 1.807) is 7.11 Å². The molecule has 0 bridgehead atoms. The van der Waals surface area contributed by atoms with Crippen molar-refractivity contribution >= 4 is 23.4 Å². The van der Waals surface area contributed by atoms with Gasteiger partial charge in [0.05, 0.1) is 13.8 Å². The van der Waals surface area contributed by atoms with Crippen molar-refractivity contribution in [3.8, 4) is 5.75 Å². The Kier molecular flexibility index (Phi) is 11.4. The Balaban J connectivity index is 1.50. The van der Waals surface area contributed by atoms with Crippen LogP contribution in [0.1, 0.15) is 45.1 Å². The van der Waals surface area contributed by atoms with Gasteiger partial charge in [-0.1, -0.05) is 44.2 Å². The van der Waals surface area contributed by atoms with Crippen molar-refractivity contribution in [1.29, 1.82) is 0 Å². The van der Waals surface area contributed by atoms with Crippen molar-refractivity contribution < 1.29 is 19.1 Å². The zero-order chi connectivity index (χ0) is 30.8. The van der Waals surface area contributed by atoms with Gasteiger partial charge in [0, 0.05) is 44.7 Å². The molecule has 2 aliphatic rings. The lowest BCUT2D eigenvalue weighted by atomic mass is 9.85. The van der Waals surface area contributed by atoms with E-state index in [-0.39, 0.29) is 24.1 Å². The molecule has 10 heteroatoms. The van der Waals surface area contributed by atoms with Crippen molar-refractivity contribution in [3.63, 3.8) is 0 Å². The average Bonchev–Trinajstić information content (AvgIpc) is 3.31. The highest BCUT2D eigenvalue weighted by Crippen LogP contribution is 2.39. The van der Waals surface area contributed by atoms with E-state index < -0.39 is 11.6 Å². The summed E-state index contributed by atoms with van der Waals surface area (Å²) in [6.07, 6.45) is 2.27. The van der Waals surface area contributed by atoms with Crippen LogP contribution in [0.4, 0.5) is 5.69 Å². The minimum Gasteiger partial charge on any atom is -0.497 e. The molecule has 0 aromatic heterocycles. The lowest BCUT2D eigenvalue weighted by molar-refractivity contribution is -0.140. The number of likely N-dealkylation sites (N-methyl/N-ethyl adjacent to an activating group) is 1. The minimum atomic E-state index is -0.706. The summed E-state index contributed by atoms with van der Waals surface area (Å²) in [5.74, 6) is 0.563. The molecule has 1 spiro atoms. The molecule has 10 nitrogen and oxygen atoms in total. The highest BCUT2D eigenvalue weighted by Gasteiger charge is 2.54. The predicted octanol–water partition coefficient (Wildman–Crippen LogP) is 2.47. The molecule has 0 unspecified atom stereocenters. The van der Waals surface area contributed by atoms with Crippen LogP contribution in [0.15, 0.2) is 54.6 Å². The van der Waals surface area contributed by atoms with Crippen LogP contribution >= 0.6 is 0 Å². The summed E-state index contributed by atoms with van der Waals surface area (Å²) in [7, 11) is 1.61. The number of para-hydroxylation sites is 1. The number of methoxy groups -OCH3 is 1. The molecule has 0 saturated carbocycles. The number of benzene rings is 2. The first-order chi connectivity index (χ1) is 20.8. The summed E-state index contributed by atoms with van der Waals surface area (Å²) in [6.45, 7) is 9.51. The number of rotatable bonds is 14. The van der Waals surface area contributed by atoms with Crippen LogP contribution in [-0.2, 0) is 20.8 Å². The van der Waals surface area contributed by atoms with Crippen LogP contribution < -0.4 is 20.7 Å². The van der Waals surface area contributed by atoms with Gasteiger partial charge in [0.2, 0.25) is 17.7 Å². The Bertz CT molecular complexity index is 1200. The maximum atomic E-state index is 14.1. The molecule has 0 aliphatic carbocycles. The number of carbonyl (C=O) groups is 3. The van der Waals surface area contributed by atoms with Gasteiger partial charge < -0.3 is 35.4 Å². The van der Waals surface area contributed by atoms with Crippen molar-refractivity contribution in [2.75, 3.05) is 64.5 Å². The molecule has 3 amide bonds. The van der Waals surface area contributed by atoms with E-state index in [9.17, 15) is 14.4 Å². The van der Waals surface area contributed by atoms with Crippen LogP contribution in [0.3, 0.4) is 0 Å². The Morgan fingerprint density at radius 2 is 1.72 bits per heavy atom. The fourth-order valence-electron chi connectivity index (χ4n) is 6.22. The summed E-state index contributed by atoms with van der Waals surface area (Å²) in [6, 6.07) is 16.9. The summed E-state index contributed by atoms with van der Waals surface area (Å²) in [5, 5.41) is 2.97. The first-order valence-corrected chi connectivity index (χ1v) is 15.6. The first-order valence-electron chi connectivity index (χ1n) is 15.6. The van der Waals surface area contributed by atoms with Gasteiger partial charge in [0.1, 0.15) is 17.3 Å². The second kappa shape index (κ2) is 15.2. The van der Waals surface area contributed by atoms with E-state index >= 15 is 0 Å². The normalized spacial score (nSPS) is 17.0. The number of amides is 3. The molecule has 4 rings (SSSR count). The van der Waals surface area contributed by atoms with Gasteiger partial charge in [0.25, 0.3) is 0 Å². The highest BCUT2D eigenvalue weighted by molar-refractivity contribution is 5.94. The molecule has 234 valence electrons. The zero-order valence-electron chi connectivity index (χ0n) is 26.0. The SMILES string of the molecule is CCN(CC)CCN1CN(c2ccccc2)C2(CCN(C(=O)[C@@H](Cc3ccc(OC)cc3)NC(=O)CCCN)CC2)C1=O. The van der Waals surface area contributed by atoms with Crippen molar-refractivity contribution in [3.05, 3.63) is 60.2 Å². The van der Waals surface area contributed by atoms with Gasteiger partial charge in [0.15, 0.2) is 0 Å². The third-order valence-corrected chi connectivity index (χ3v) is 8.90. The van der Waals surface area contributed by atoms with Crippen LogP contribution in [-0.4, -0.2) is 104 Å². The number of ether oxygens (including phenoxy) is 1. The van der Waals surface area contributed by atoms with Crippen LogP contribution in [0.5, 0.6) is 5.75 Å². The standard InChI is InChI=1S/C33H48N6O4/c1-4-36(5-2)22-23-38-25-39(27-10-7-6-8-11-27)33(32(38)42)17-20-37(21-18-33)31(41)29(35-30(40)12-9-19-34)24-26-13-15-28(43-3)16-14-26/h6-8,10-11,13-16,29H,4-5,9,12,17-25,34H2,1-3H3,(H,35,40)/t29-/m1/s1. The molecule has 43 heavy (non-hydrogen) atoms. The number of piperidine rings is 1. The van der Waals surface area contributed by atoms with E-state index in [1.165, 1.54) is 0 Å². The van der Waals surface area contributed by atoms with E-state index in [0.29, 0.717) is 58.5 Å². The third-order valence-electron chi connectivity index (χ3n) is 8.90. The minimum absolute atomic E-state index is 0.123. The quantitative estimate of drug-likeness (QED) is 0.347. The van der Waals surface area contributed by atoms with Gasteiger partial charge in [-0.05, 0) is 68.7 Å². The number of anilines is 1. The van der Waals surface area contributed by atoms with Crippen LogP contribution in [0.25, 0.3) is 0 Å². The number of hydrogen-bond acceptors (Lipinski definition) is 7. The lowest BCUT2D eigenvalue weighted by Gasteiger charge is -2.44. The monoisotopic (exact) mass is 592 g/mol. The van der Waals surface area contributed by atoms with E-state index in [4.69, 9.17) is 10.5 Å². The first kappa shape index (κ1) is 32.3. The summed E-state index contributed by atoms with van der Waals surface area (Å²) in [4.78, 5) is 49.1. The number of nitrogens with two attached hydrogens (primary N) is 1. The Morgan fingerprint density at radius 3 is 2.33 bits per heavy atom. The van der Waals surface area contributed by atoms with Gasteiger partial charge in [-0.15, -0.1) is 0 Å². The molecule has 0 radical (unpaired) electrons. The maximum Gasteiger partial charge on any atom is 0.250 e. The van der Waals surface area contributed by atoms with Gasteiger partial charge in [-0.2, -0.15) is 0 Å². The largest absolute Gasteiger partial charge is 0.497 e. The zero-order valence-corrected chi connectivity index (χ0v) is 26.0. The summed E-state index contributed by atoms with van der Waals surface area (Å²) in [5.41, 5.74) is 6.86. The third kappa shape index (κ3) is 7.67. The molecule has 2 saturated heterocycles. The number of carbonyl (C=O) groups excluding carboxylic acids is 3. The Labute approximate surface area is 256 Å². The molecule has 2 fully saturated rings. The molecular weight excluding hydrogens is 544 g/mol. The number of nitrogens with one attached hydrogen (secondary N) is 1. The lowest BCUT2D eigenvalue weighted by Crippen LogP contribution is -2.59. The maximum absolute atomic E-state index is 14.1. The predicted molar refractivity (Wildman–Crippen MR) is 169 cm³/mol. The fraction of sp³-hybridized carbons (Fsp3) is 0.545. The molecular formula is C33H48N6O4. The molecule has 2 heterocycles. The highest BCUT2D eigenvalue weighted by atomic mass is 16.5. The molecule has 2 aromatic carbocycles. The van der Waals surface area contributed by atoms with Crippen LogP contribution in [0, 0.1) is 0 Å². The van der Waals surface area contributed by atoms with Crippen molar-refractivity contribution in [2.24, 2.45) is 5.73 Å². The topological polar surface area (TPSA) is 111 Å². The number of hydrogen-bond donors (Lipinski definition) is 2. The smallest absolute Gasteiger partial charge is 0.250 e.